The molecule has 0 aromatic heterocycles. The summed E-state index contributed by atoms with van der Waals surface area (Å²) in [7, 11) is -3.38. The molecule has 0 unspecified atom stereocenters. The van der Waals surface area contributed by atoms with Crippen molar-refractivity contribution < 1.29 is 17.2 Å². The van der Waals surface area contributed by atoms with Crippen molar-refractivity contribution in [3.05, 3.63) is 100 Å². The molecule has 6 heteroatoms. The summed E-state index contributed by atoms with van der Waals surface area (Å²) in [6.45, 7) is 0. The number of aryl methyl sites for hydroxylation is 2. The first kappa shape index (κ1) is 20.3. The number of nitrogens with one attached hydrogen (secondary N) is 1. The first-order valence-electron chi connectivity index (χ1n) is 9.59. The van der Waals surface area contributed by atoms with Gasteiger partial charge < -0.3 is 0 Å². The van der Waals surface area contributed by atoms with Gasteiger partial charge in [-0.3, -0.25) is 4.72 Å². The van der Waals surface area contributed by atoms with Crippen LogP contribution in [0.1, 0.15) is 39.8 Å². The lowest BCUT2D eigenvalue weighted by atomic mass is 9.91. The van der Waals surface area contributed by atoms with Gasteiger partial charge in [0.25, 0.3) is 6.43 Å². The van der Waals surface area contributed by atoms with Crippen LogP contribution in [0.4, 0.5) is 14.5 Å². The van der Waals surface area contributed by atoms with Crippen LogP contribution in [0.3, 0.4) is 0 Å². The monoisotopic (exact) mass is 425 g/mol. The molecule has 0 amide bonds. The van der Waals surface area contributed by atoms with E-state index in [-0.39, 0.29) is 5.56 Å². The molecule has 0 spiro atoms. The third-order valence-corrected chi connectivity index (χ3v) is 5.75. The van der Waals surface area contributed by atoms with Crippen LogP contribution in [0, 0.1) is 0 Å². The molecule has 0 aliphatic heterocycles. The largest absolute Gasteiger partial charge is 0.284 e. The van der Waals surface area contributed by atoms with Gasteiger partial charge in [-0.25, -0.2) is 17.2 Å². The Balaban J connectivity index is 1.87. The summed E-state index contributed by atoms with van der Waals surface area (Å²) < 4.78 is 52.1. The van der Waals surface area contributed by atoms with Gasteiger partial charge in [0, 0.05) is 11.3 Å². The van der Waals surface area contributed by atoms with Crippen LogP contribution in [-0.2, 0) is 22.9 Å². The lowest BCUT2D eigenvalue weighted by molar-refractivity contribution is 0.151. The molecule has 154 valence electrons. The molecule has 0 bridgehead atoms. The number of alkyl halides is 2. The number of anilines is 1. The van der Waals surface area contributed by atoms with Crippen LogP contribution < -0.4 is 4.72 Å². The summed E-state index contributed by atoms with van der Waals surface area (Å²) in [6, 6.07) is 20.0. The Hall–Kier alpha value is -2.99. The zero-order valence-corrected chi connectivity index (χ0v) is 17.2. The standard InChI is InChI=1S/C24H21F2NO2S/c1-30(28,29)27-20-7-4-5-16(13-20)14-23-21-8-3-2-6-17(21)9-10-18-15-19(24(25)26)11-12-22(18)23/h2-8,11-15,24,27H,9-10H2,1H3/b23-14-. The second-order valence-electron chi connectivity index (χ2n) is 7.43. The maximum atomic E-state index is 13.3. The highest BCUT2D eigenvalue weighted by Crippen LogP contribution is 2.36. The molecule has 30 heavy (non-hydrogen) atoms. The van der Waals surface area contributed by atoms with Gasteiger partial charge in [-0.1, -0.05) is 48.5 Å². The van der Waals surface area contributed by atoms with E-state index in [4.69, 9.17) is 0 Å². The minimum Gasteiger partial charge on any atom is -0.284 e. The van der Waals surface area contributed by atoms with Crippen molar-refractivity contribution in [3.8, 4) is 0 Å². The predicted octanol–water partition coefficient (Wildman–Crippen LogP) is 5.68. The van der Waals surface area contributed by atoms with E-state index in [0.717, 1.165) is 46.1 Å². The van der Waals surface area contributed by atoms with Gasteiger partial charge in [-0.15, -0.1) is 0 Å². The Morgan fingerprint density at radius 3 is 2.40 bits per heavy atom. The van der Waals surface area contributed by atoms with Crippen LogP contribution in [0.2, 0.25) is 0 Å². The first-order chi connectivity index (χ1) is 14.3. The topological polar surface area (TPSA) is 46.2 Å². The fourth-order valence-electron chi connectivity index (χ4n) is 3.86. The van der Waals surface area contributed by atoms with E-state index >= 15 is 0 Å². The summed E-state index contributed by atoms with van der Waals surface area (Å²) in [5.74, 6) is 0. The molecule has 1 aliphatic rings. The van der Waals surface area contributed by atoms with Crippen LogP contribution in [0.25, 0.3) is 11.6 Å². The highest BCUT2D eigenvalue weighted by molar-refractivity contribution is 7.92. The normalized spacial score (nSPS) is 14.9. The quantitative estimate of drug-likeness (QED) is 0.584. The zero-order chi connectivity index (χ0) is 21.3. The predicted molar refractivity (Wildman–Crippen MR) is 117 cm³/mol. The summed E-state index contributed by atoms with van der Waals surface area (Å²) >= 11 is 0. The molecule has 0 fully saturated rings. The Labute approximate surface area is 175 Å². The van der Waals surface area contributed by atoms with Gasteiger partial charge in [0.2, 0.25) is 10.0 Å². The molecule has 0 atom stereocenters. The van der Waals surface area contributed by atoms with E-state index in [1.807, 2.05) is 30.3 Å². The molecule has 0 radical (unpaired) electrons. The van der Waals surface area contributed by atoms with E-state index in [0.29, 0.717) is 12.1 Å². The average molecular weight is 426 g/mol. The highest BCUT2D eigenvalue weighted by Gasteiger charge is 2.20. The van der Waals surface area contributed by atoms with Crippen molar-refractivity contribution in [3.63, 3.8) is 0 Å². The van der Waals surface area contributed by atoms with E-state index < -0.39 is 16.4 Å². The molecule has 3 aromatic carbocycles. The molecule has 4 rings (SSSR count). The number of rotatable bonds is 4. The number of hydrogen-bond acceptors (Lipinski definition) is 2. The number of fused-ring (bicyclic) bond motifs is 2. The number of sulfonamides is 1. The molecular weight excluding hydrogens is 404 g/mol. The number of hydrogen-bond donors (Lipinski definition) is 1. The van der Waals surface area contributed by atoms with Crippen molar-refractivity contribution in [1.82, 2.24) is 0 Å². The molecule has 3 nitrogen and oxygen atoms in total. The van der Waals surface area contributed by atoms with Crippen molar-refractivity contribution >= 4 is 27.4 Å². The van der Waals surface area contributed by atoms with Crippen molar-refractivity contribution in [2.45, 2.75) is 19.3 Å². The SMILES string of the molecule is CS(=O)(=O)Nc1cccc(/C=C2/c3ccccc3CCc3cc(C(F)F)ccc32)c1. The van der Waals surface area contributed by atoms with Crippen LogP contribution >= 0.6 is 0 Å². The molecular formula is C24H21F2NO2S. The van der Waals surface area contributed by atoms with Gasteiger partial charge in [-0.05, 0) is 70.5 Å². The van der Waals surface area contributed by atoms with E-state index in [9.17, 15) is 17.2 Å². The van der Waals surface area contributed by atoms with Crippen molar-refractivity contribution in [1.29, 1.82) is 0 Å². The maximum absolute atomic E-state index is 13.3. The summed E-state index contributed by atoms with van der Waals surface area (Å²) in [6.07, 6.45) is 2.03. The van der Waals surface area contributed by atoms with Crippen molar-refractivity contribution in [2.75, 3.05) is 11.0 Å². The summed E-state index contributed by atoms with van der Waals surface area (Å²) in [5, 5.41) is 0. The van der Waals surface area contributed by atoms with Gasteiger partial charge in [0.1, 0.15) is 0 Å². The average Bonchev–Trinajstić information content (AvgIpc) is 2.84. The number of halogens is 2. The van der Waals surface area contributed by atoms with Crippen LogP contribution in [0.5, 0.6) is 0 Å². The zero-order valence-electron chi connectivity index (χ0n) is 16.4. The third-order valence-electron chi connectivity index (χ3n) is 5.14. The third kappa shape index (κ3) is 4.44. The Bertz CT molecular complexity index is 1230. The Morgan fingerprint density at radius 2 is 1.63 bits per heavy atom. The molecule has 0 heterocycles. The Morgan fingerprint density at radius 1 is 0.900 bits per heavy atom. The summed E-state index contributed by atoms with van der Waals surface area (Å²) in [4.78, 5) is 0. The molecule has 3 aromatic rings. The van der Waals surface area contributed by atoms with Gasteiger partial charge >= 0.3 is 0 Å². The van der Waals surface area contributed by atoms with Crippen LogP contribution in [0.15, 0.2) is 66.7 Å². The smallest absolute Gasteiger partial charge is 0.263 e. The second kappa shape index (κ2) is 8.03. The second-order valence-corrected chi connectivity index (χ2v) is 9.18. The highest BCUT2D eigenvalue weighted by atomic mass is 32.2. The lowest BCUT2D eigenvalue weighted by Crippen LogP contribution is -2.09. The number of benzene rings is 3. The lowest BCUT2D eigenvalue weighted by Gasteiger charge is -2.14. The molecule has 0 saturated heterocycles. The van der Waals surface area contributed by atoms with E-state index in [1.165, 1.54) is 6.07 Å². The maximum Gasteiger partial charge on any atom is 0.263 e. The van der Waals surface area contributed by atoms with Gasteiger partial charge in [0.15, 0.2) is 0 Å². The van der Waals surface area contributed by atoms with E-state index in [2.05, 4.69) is 10.8 Å². The molecule has 1 N–H and O–H groups in total. The Kier molecular flexibility index (Phi) is 5.43. The first-order valence-corrected chi connectivity index (χ1v) is 11.5. The van der Waals surface area contributed by atoms with Crippen LogP contribution in [-0.4, -0.2) is 14.7 Å². The minimum atomic E-state index is -3.38. The fourth-order valence-corrected chi connectivity index (χ4v) is 4.42. The minimum absolute atomic E-state index is 0.0263. The van der Waals surface area contributed by atoms with E-state index in [1.54, 1.807) is 30.3 Å². The molecule has 0 saturated carbocycles. The summed E-state index contributed by atoms with van der Waals surface area (Å²) in [5.41, 5.74) is 6.29. The fraction of sp³-hybridized carbons (Fsp3) is 0.167. The van der Waals surface area contributed by atoms with Gasteiger partial charge in [-0.2, -0.15) is 0 Å². The van der Waals surface area contributed by atoms with Crippen molar-refractivity contribution in [2.24, 2.45) is 0 Å². The molecule has 1 aliphatic carbocycles. The van der Waals surface area contributed by atoms with Gasteiger partial charge in [0.05, 0.1) is 6.26 Å².